The largest absolute Gasteiger partial charge is 0.480 e. The van der Waals surface area contributed by atoms with Crippen molar-refractivity contribution in [3.63, 3.8) is 0 Å². The lowest BCUT2D eigenvalue weighted by Gasteiger charge is -2.26. The van der Waals surface area contributed by atoms with Crippen molar-refractivity contribution >= 4 is 17.7 Å². The lowest BCUT2D eigenvalue weighted by Crippen LogP contribution is -2.54. The number of fused-ring (bicyclic) bond motifs is 3. The van der Waals surface area contributed by atoms with E-state index in [1.54, 1.807) is 6.07 Å². The van der Waals surface area contributed by atoms with Crippen molar-refractivity contribution in [3.05, 3.63) is 99.6 Å². The molecule has 1 unspecified atom stereocenters. The number of nitro groups is 1. The molecule has 1 atom stereocenters. The topological polar surface area (TPSA) is 119 Å². The maximum absolute atomic E-state index is 12.6. The number of aliphatic carboxylic acids is 1. The Morgan fingerprint density at radius 2 is 1.55 bits per heavy atom. The molecule has 0 heterocycles. The van der Waals surface area contributed by atoms with Crippen molar-refractivity contribution < 1.29 is 24.4 Å². The van der Waals surface area contributed by atoms with E-state index in [2.05, 4.69) is 5.32 Å². The van der Waals surface area contributed by atoms with Crippen LogP contribution in [0.15, 0.2) is 72.8 Å². The molecular weight excluding hydrogens is 424 g/mol. The number of carboxylic acids is 1. The van der Waals surface area contributed by atoms with E-state index in [-0.39, 0.29) is 30.2 Å². The molecule has 3 aromatic rings. The average molecular weight is 446 g/mol. The summed E-state index contributed by atoms with van der Waals surface area (Å²) in [6, 6.07) is 21.6. The number of carbonyl (C=O) groups excluding carboxylic acids is 1. The van der Waals surface area contributed by atoms with Crippen LogP contribution in [0, 0.1) is 10.1 Å². The van der Waals surface area contributed by atoms with Crippen LogP contribution in [-0.2, 0) is 16.0 Å². The molecular formula is C25H22N2O6. The number of alkyl carbamates (subject to hydrolysis) is 1. The van der Waals surface area contributed by atoms with Gasteiger partial charge in [-0.1, -0.05) is 66.7 Å². The highest BCUT2D eigenvalue weighted by atomic mass is 16.6. The number of ether oxygens (including phenoxy) is 1. The Hall–Kier alpha value is -4.20. The molecule has 0 saturated carbocycles. The van der Waals surface area contributed by atoms with Gasteiger partial charge in [0.25, 0.3) is 5.69 Å². The Bertz CT molecular complexity index is 1200. The normalized spacial score (nSPS) is 14.0. The monoisotopic (exact) mass is 446 g/mol. The Morgan fingerprint density at radius 3 is 2.12 bits per heavy atom. The van der Waals surface area contributed by atoms with Gasteiger partial charge in [-0.25, -0.2) is 9.59 Å². The predicted octanol–water partition coefficient (Wildman–Crippen LogP) is 4.52. The van der Waals surface area contributed by atoms with Gasteiger partial charge < -0.3 is 15.2 Å². The number of hydrogen-bond acceptors (Lipinski definition) is 5. The highest BCUT2D eigenvalue weighted by molar-refractivity contribution is 5.84. The van der Waals surface area contributed by atoms with Crippen molar-refractivity contribution in [1.29, 1.82) is 0 Å². The highest BCUT2D eigenvalue weighted by Gasteiger charge is 2.38. The molecule has 3 aromatic carbocycles. The van der Waals surface area contributed by atoms with Crippen molar-refractivity contribution in [2.75, 3.05) is 6.61 Å². The maximum Gasteiger partial charge on any atom is 0.408 e. The van der Waals surface area contributed by atoms with Gasteiger partial charge in [0.05, 0.1) is 4.92 Å². The lowest BCUT2D eigenvalue weighted by atomic mass is 9.92. The van der Waals surface area contributed by atoms with Gasteiger partial charge in [0.2, 0.25) is 0 Å². The van der Waals surface area contributed by atoms with Crippen LogP contribution in [0.25, 0.3) is 11.1 Å². The molecule has 1 aliphatic carbocycles. The van der Waals surface area contributed by atoms with E-state index in [4.69, 9.17) is 4.74 Å². The Labute approximate surface area is 190 Å². The number of carboxylic acid groups (broad SMARTS) is 1. The predicted molar refractivity (Wildman–Crippen MR) is 121 cm³/mol. The fraction of sp³-hybridized carbons (Fsp3) is 0.200. The van der Waals surface area contributed by atoms with E-state index in [9.17, 15) is 24.8 Å². The van der Waals surface area contributed by atoms with Crippen LogP contribution in [0.2, 0.25) is 0 Å². The third-order valence-corrected chi connectivity index (χ3v) is 5.93. The van der Waals surface area contributed by atoms with E-state index in [0.717, 1.165) is 22.3 Å². The van der Waals surface area contributed by atoms with Crippen LogP contribution < -0.4 is 5.32 Å². The molecule has 2 N–H and O–H groups in total. The fourth-order valence-electron chi connectivity index (χ4n) is 4.25. The van der Waals surface area contributed by atoms with Gasteiger partial charge >= 0.3 is 12.1 Å². The van der Waals surface area contributed by atoms with Gasteiger partial charge in [0.1, 0.15) is 12.1 Å². The molecule has 0 bridgehead atoms. The van der Waals surface area contributed by atoms with Crippen LogP contribution in [-0.4, -0.2) is 34.2 Å². The SMILES string of the molecule is CC(Cc1ccccc1[N+](=O)[O-])(NC(=O)OCC1c2ccccc2-c2ccccc21)C(=O)O. The number of carbonyl (C=O) groups is 2. The first-order valence-corrected chi connectivity index (χ1v) is 10.4. The first-order valence-electron chi connectivity index (χ1n) is 10.4. The van der Waals surface area contributed by atoms with Crippen molar-refractivity contribution in [1.82, 2.24) is 5.32 Å². The van der Waals surface area contributed by atoms with Crippen LogP contribution in [0.5, 0.6) is 0 Å². The summed E-state index contributed by atoms with van der Waals surface area (Å²) in [6.07, 6.45) is -1.18. The molecule has 0 radical (unpaired) electrons. The second-order valence-electron chi connectivity index (χ2n) is 8.15. The third kappa shape index (κ3) is 4.27. The zero-order chi connectivity index (χ0) is 23.6. The summed E-state index contributed by atoms with van der Waals surface area (Å²) in [4.78, 5) is 35.3. The van der Waals surface area contributed by atoms with Gasteiger partial charge in [-0.15, -0.1) is 0 Å². The zero-order valence-corrected chi connectivity index (χ0v) is 17.9. The minimum Gasteiger partial charge on any atom is -0.480 e. The molecule has 0 fully saturated rings. The van der Waals surface area contributed by atoms with Crippen LogP contribution >= 0.6 is 0 Å². The van der Waals surface area contributed by atoms with Gasteiger partial charge in [-0.2, -0.15) is 0 Å². The van der Waals surface area contributed by atoms with E-state index >= 15 is 0 Å². The van der Waals surface area contributed by atoms with Crippen LogP contribution in [0.4, 0.5) is 10.5 Å². The van der Waals surface area contributed by atoms with E-state index in [0.29, 0.717) is 0 Å². The van der Waals surface area contributed by atoms with Gasteiger partial charge in [-0.3, -0.25) is 10.1 Å². The zero-order valence-electron chi connectivity index (χ0n) is 17.9. The van der Waals surface area contributed by atoms with Crippen molar-refractivity contribution in [2.24, 2.45) is 0 Å². The third-order valence-electron chi connectivity index (χ3n) is 5.93. The molecule has 1 amide bonds. The summed E-state index contributed by atoms with van der Waals surface area (Å²) in [5.74, 6) is -1.50. The number of nitrogens with one attached hydrogen (secondary N) is 1. The van der Waals surface area contributed by atoms with Crippen LogP contribution in [0.3, 0.4) is 0 Å². The molecule has 0 saturated heterocycles. The average Bonchev–Trinajstić information content (AvgIpc) is 3.11. The molecule has 0 aromatic heterocycles. The minimum atomic E-state index is -1.80. The molecule has 33 heavy (non-hydrogen) atoms. The number of nitrogens with zero attached hydrogens (tertiary/aromatic N) is 1. The summed E-state index contributed by atoms with van der Waals surface area (Å²) < 4.78 is 5.45. The molecule has 8 heteroatoms. The number of hydrogen-bond donors (Lipinski definition) is 2. The first-order chi connectivity index (χ1) is 15.8. The Balaban J connectivity index is 1.50. The van der Waals surface area contributed by atoms with Crippen molar-refractivity contribution in [2.45, 2.75) is 24.8 Å². The standard InChI is InChI=1S/C25H22N2O6/c1-25(23(28)29,14-16-8-2-7-13-22(16)27(31)32)26-24(30)33-15-21-19-11-5-3-9-17(19)18-10-4-6-12-20(18)21/h2-13,21H,14-15H2,1H3,(H,26,30)(H,28,29). The quantitative estimate of drug-likeness (QED) is 0.407. The summed E-state index contributed by atoms with van der Waals surface area (Å²) >= 11 is 0. The second kappa shape index (κ2) is 8.74. The van der Waals surface area contributed by atoms with E-state index < -0.39 is 22.5 Å². The smallest absolute Gasteiger partial charge is 0.408 e. The number of rotatable bonds is 7. The number of amides is 1. The molecule has 0 spiro atoms. The highest BCUT2D eigenvalue weighted by Crippen LogP contribution is 2.44. The summed E-state index contributed by atoms with van der Waals surface area (Å²) in [7, 11) is 0. The first kappa shape index (κ1) is 22.0. The van der Waals surface area contributed by atoms with Gasteiger partial charge in [0, 0.05) is 24.0 Å². The van der Waals surface area contributed by atoms with Gasteiger partial charge in [0.15, 0.2) is 0 Å². The summed E-state index contributed by atoms with van der Waals surface area (Å²) in [6.45, 7) is 1.33. The number of benzene rings is 3. The Kier molecular flexibility index (Phi) is 5.83. The maximum atomic E-state index is 12.6. The molecule has 8 nitrogen and oxygen atoms in total. The minimum absolute atomic E-state index is 0.0288. The molecule has 1 aliphatic rings. The van der Waals surface area contributed by atoms with Crippen LogP contribution in [0.1, 0.15) is 29.5 Å². The number of nitro benzene ring substituents is 1. The van der Waals surface area contributed by atoms with Gasteiger partial charge in [-0.05, 0) is 29.2 Å². The lowest BCUT2D eigenvalue weighted by molar-refractivity contribution is -0.385. The van der Waals surface area contributed by atoms with Crippen molar-refractivity contribution in [3.8, 4) is 11.1 Å². The Morgan fingerprint density at radius 1 is 1.00 bits per heavy atom. The molecule has 4 rings (SSSR count). The fourth-order valence-corrected chi connectivity index (χ4v) is 4.25. The summed E-state index contributed by atoms with van der Waals surface area (Å²) in [5.41, 5.74) is 2.42. The molecule has 0 aliphatic heterocycles. The summed E-state index contributed by atoms with van der Waals surface area (Å²) in [5, 5.41) is 23.5. The van der Waals surface area contributed by atoms with E-state index in [1.165, 1.54) is 25.1 Å². The number of para-hydroxylation sites is 1. The molecule has 168 valence electrons. The van der Waals surface area contributed by atoms with E-state index in [1.807, 2.05) is 48.5 Å². The second-order valence-corrected chi connectivity index (χ2v) is 8.15.